The summed E-state index contributed by atoms with van der Waals surface area (Å²) in [6.07, 6.45) is 2.37. The smallest absolute Gasteiger partial charge is 0.304 e. The zero-order valence-corrected chi connectivity index (χ0v) is 10.9. The van der Waals surface area contributed by atoms with Crippen LogP contribution in [0.3, 0.4) is 0 Å². The third-order valence-electron chi connectivity index (χ3n) is 3.59. The second kappa shape index (κ2) is 4.91. The largest absolute Gasteiger partial charge is 0.493 e. The minimum Gasteiger partial charge on any atom is -0.493 e. The molecular formula is C14H16O5. The molecule has 1 aliphatic carbocycles. The summed E-state index contributed by atoms with van der Waals surface area (Å²) in [4.78, 5) is 22.0. The zero-order valence-electron chi connectivity index (χ0n) is 10.9. The Bertz CT molecular complexity index is 517. The van der Waals surface area contributed by atoms with Crippen molar-refractivity contribution < 1.29 is 24.2 Å². The molecule has 5 heteroatoms. The van der Waals surface area contributed by atoms with Gasteiger partial charge in [0.25, 0.3) is 0 Å². The molecule has 1 fully saturated rings. The molecule has 0 atom stereocenters. The fourth-order valence-electron chi connectivity index (χ4n) is 2.48. The summed E-state index contributed by atoms with van der Waals surface area (Å²) in [5, 5.41) is 9.01. The Morgan fingerprint density at radius 2 is 1.95 bits per heavy atom. The Labute approximate surface area is 111 Å². The number of carbonyl (C=O) groups excluding carboxylic acids is 1. The van der Waals surface area contributed by atoms with Crippen molar-refractivity contribution in [2.24, 2.45) is 0 Å². The van der Waals surface area contributed by atoms with E-state index in [1.807, 2.05) is 0 Å². The van der Waals surface area contributed by atoms with Crippen LogP contribution in [0, 0.1) is 0 Å². The lowest BCUT2D eigenvalue weighted by atomic mass is 9.90. The van der Waals surface area contributed by atoms with E-state index >= 15 is 0 Å². The highest BCUT2D eigenvalue weighted by molar-refractivity contribution is 5.82. The molecule has 0 aliphatic heterocycles. The summed E-state index contributed by atoms with van der Waals surface area (Å²) >= 11 is 0. The molecule has 1 saturated carbocycles. The number of carboxylic acids is 1. The first-order valence-electron chi connectivity index (χ1n) is 6.00. The van der Waals surface area contributed by atoms with E-state index in [-0.39, 0.29) is 11.8 Å². The maximum atomic E-state index is 11.0. The van der Waals surface area contributed by atoms with Crippen molar-refractivity contribution in [1.82, 2.24) is 0 Å². The molecular weight excluding hydrogens is 248 g/mol. The number of aliphatic carboxylic acids is 1. The molecule has 0 heterocycles. The lowest BCUT2D eigenvalue weighted by Crippen LogP contribution is -2.15. The number of carbonyl (C=O) groups is 2. The number of ether oxygens (including phenoxy) is 2. The minimum absolute atomic E-state index is 0.0625. The predicted molar refractivity (Wildman–Crippen MR) is 68.1 cm³/mol. The van der Waals surface area contributed by atoms with Crippen LogP contribution in [0.25, 0.3) is 0 Å². The standard InChI is InChI=1S/C14H16O5/c1-18-12-9(8-15)3-4-10(13(12)19-2)14(5-6-14)7-11(16)17/h3-4,8H,5-7H2,1-2H3,(H,16,17). The molecule has 2 rings (SSSR count). The average Bonchev–Trinajstić information content (AvgIpc) is 3.16. The number of rotatable bonds is 6. The summed E-state index contributed by atoms with van der Waals surface area (Å²) in [5.41, 5.74) is 0.820. The van der Waals surface area contributed by atoms with Crippen molar-refractivity contribution in [3.63, 3.8) is 0 Å². The van der Waals surface area contributed by atoms with Crippen LogP contribution in [0.5, 0.6) is 11.5 Å². The van der Waals surface area contributed by atoms with Gasteiger partial charge in [0.15, 0.2) is 17.8 Å². The number of aldehydes is 1. The average molecular weight is 264 g/mol. The van der Waals surface area contributed by atoms with Gasteiger partial charge < -0.3 is 14.6 Å². The van der Waals surface area contributed by atoms with Crippen molar-refractivity contribution in [3.05, 3.63) is 23.3 Å². The molecule has 1 aliphatic rings. The van der Waals surface area contributed by atoms with Gasteiger partial charge in [-0.15, -0.1) is 0 Å². The zero-order chi connectivity index (χ0) is 14.0. The van der Waals surface area contributed by atoms with Gasteiger partial charge in [-0.2, -0.15) is 0 Å². The summed E-state index contributed by atoms with van der Waals surface area (Å²) in [6.45, 7) is 0. The van der Waals surface area contributed by atoms with Gasteiger partial charge in [-0.1, -0.05) is 6.07 Å². The Balaban J connectivity index is 2.52. The normalized spacial score (nSPS) is 15.7. The maximum absolute atomic E-state index is 11.0. The molecule has 1 aromatic rings. The molecule has 0 spiro atoms. The molecule has 0 saturated heterocycles. The lowest BCUT2D eigenvalue weighted by Gasteiger charge is -2.20. The van der Waals surface area contributed by atoms with Gasteiger partial charge in [0.2, 0.25) is 0 Å². The summed E-state index contributed by atoms with van der Waals surface area (Å²) in [6, 6.07) is 3.41. The van der Waals surface area contributed by atoms with E-state index in [4.69, 9.17) is 14.6 Å². The Morgan fingerprint density at radius 1 is 1.32 bits per heavy atom. The van der Waals surface area contributed by atoms with E-state index in [0.717, 1.165) is 18.4 Å². The molecule has 0 aromatic heterocycles. The van der Waals surface area contributed by atoms with Crippen LogP contribution in [0.2, 0.25) is 0 Å². The van der Waals surface area contributed by atoms with Crippen LogP contribution in [0.15, 0.2) is 12.1 Å². The van der Waals surface area contributed by atoms with E-state index in [1.54, 1.807) is 12.1 Å². The van der Waals surface area contributed by atoms with Gasteiger partial charge in [-0.3, -0.25) is 9.59 Å². The van der Waals surface area contributed by atoms with E-state index < -0.39 is 5.97 Å². The number of hydrogen-bond acceptors (Lipinski definition) is 4. The third kappa shape index (κ3) is 2.28. The fourth-order valence-corrected chi connectivity index (χ4v) is 2.48. The maximum Gasteiger partial charge on any atom is 0.304 e. The Kier molecular flexibility index (Phi) is 3.46. The van der Waals surface area contributed by atoms with Crippen LogP contribution >= 0.6 is 0 Å². The van der Waals surface area contributed by atoms with Crippen LogP contribution < -0.4 is 9.47 Å². The highest BCUT2D eigenvalue weighted by Crippen LogP contribution is 2.55. The molecule has 0 bridgehead atoms. The van der Waals surface area contributed by atoms with E-state index in [2.05, 4.69) is 0 Å². The van der Waals surface area contributed by atoms with Gasteiger partial charge in [-0.05, 0) is 18.9 Å². The molecule has 0 amide bonds. The van der Waals surface area contributed by atoms with Crippen LogP contribution in [-0.2, 0) is 10.2 Å². The predicted octanol–water partition coefficient (Wildman–Crippen LogP) is 2.02. The van der Waals surface area contributed by atoms with Crippen molar-refractivity contribution in [3.8, 4) is 11.5 Å². The molecule has 0 unspecified atom stereocenters. The van der Waals surface area contributed by atoms with Crippen molar-refractivity contribution in [2.75, 3.05) is 14.2 Å². The van der Waals surface area contributed by atoms with Gasteiger partial charge in [0, 0.05) is 11.0 Å². The first-order chi connectivity index (χ1) is 9.07. The van der Waals surface area contributed by atoms with E-state index in [1.165, 1.54) is 14.2 Å². The second-order valence-corrected chi connectivity index (χ2v) is 4.74. The number of benzene rings is 1. The molecule has 102 valence electrons. The molecule has 1 aromatic carbocycles. The number of carboxylic acid groups (broad SMARTS) is 1. The van der Waals surface area contributed by atoms with Crippen molar-refractivity contribution in [1.29, 1.82) is 0 Å². The topological polar surface area (TPSA) is 72.8 Å². The fraction of sp³-hybridized carbons (Fsp3) is 0.429. The molecule has 19 heavy (non-hydrogen) atoms. The molecule has 5 nitrogen and oxygen atoms in total. The lowest BCUT2D eigenvalue weighted by molar-refractivity contribution is -0.137. The van der Waals surface area contributed by atoms with Gasteiger partial charge in [0.1, 0.15) is 0 Å². The first-order valence-corrected chi connectivity index (χ1v) is 6.00. The van der Waals surface area contributed by atoms with Crippen LogP contribution in [-0.4, -0.2) is 31.6 Å². The van der Waals surface area contributed by atoms with E-state index in [9.17, 15) is 9.59 Å². The minimum atomic E-state index is -0.835. The molecule has 1 N–H and O–H groups in total. The summed E-state index contributed by atoms with van der Waals surface area (Å²) in [5.74, 6) is -0.00417. The quantitative estimate of drug-likeness (QED) is 0.796. The van der Waals surface area contributed by atoms with E-state index in [0.29, 0.717) is 23.3 Å². The van der Waals surface area contributed by atoms with Gasteiger partial charge >= 0.3 is 5.97 Å². The second-order valence-electron chi connectivity index (χ2n) is 4.74. The van der Waals surface area contributed by atoms with Crippen molar-refractivity contribution >= 4 is 12.3 Å². The van der Waals surface area contributed by atoms with Crippen molar-refractivity contribution in [2.45, 2.75) is 24.7 Å². The molecule has 0 radical (unpaired) electrons. The monoisotopic (exact) mass is 264 g/mol. The Morgan fingerprint density at radius 3 is 2.37 bits per heavy atom. The SMILES string of the molecule is COc1c(C=O)ccc(C2(CC(=O)O)CC2)c1OC. The van der Waals surface area contributed by atoms with Crippen LogP contribution in [0.4, 0.5) is 0 Å². The first kappa shape index (κ1) is 13.4. The number of methoxy groups -OCH3 is 2. The highest BCUT2D eigenvalue weighted by Gasteiger charge is 2.48. The summed E-state index contributed by atoms with van der Waals surface area (Å²) < 4.78 is 10.6. The third-order valence-corrected chi connectivity index (χ3v) is 3.59. The summed E-state index contributed by atoms with van der Waals surface area (Å²) in [7, 11) is 2.96. The van der Waals surface area contributed by atoms with Gasteiger partial charge in [0.05, 0.1) is 26.2 Å². The Hall–Kier alpha value is -2.04. The highest BCUT2D eigenvalue weighted by atomic mass is 16.5. The van der Waals surface area contributed by atoms with Crippen LogP contribution in [0.1, 0.15) is 35.2 Å². The number of hydrogen-bond donors (Lipinski definition) is 1. The van der Waals surface area contributed by atoms with Gasteiger partial charge in [-0.25, -0.2) is 0 Å².